The van der Waals surface area contributed by atoms with Gasteiger partial charge in [-0.15, -0.1) is 0 Å². The minimum Gasteiger partial charge on any atom is -0.496 e. The Bertz CT molecular complexity index is 369. The third kappa shape index (κ3) is 3.01. The quantitative estimate of drug-likeness (QED) is 0.862. The first-order chi connectivity index (χ1) is 8.20. The molecule has 1 aliphatic rings. The second kappa shape index (κ2) is 5.54. The highest BCUT2D eigenvalue weighted by atomic mass is 16.5. The maximum atomic E-state index is 6.29. The highest BCUT2D eigenvalue weighted by Gasteiger charge is 2.19. The van der Waals surface area contributed by atoms with Crippen LogP contribution in [-0.2, 0) is 0 Å². The Balaban J connectivity index is 2.04. The third-order valence-electron chi connectivity index (χ3n) is 3.92. The molecule has 17 heavy (non-hydrogen) atoms. The van der Waals surface area contributed by atoms with Crippen LogP contribution in [0.15, 0.2) is 18.2 Å². The molecule has 0 aromatic heterocycles. The highest BCUT2D eigenvalue weighted by molar-refractivity contribution is 5.37. The second-order valence-corrected chi connectivity index (χ2v) is 5.22. The number of ether oxygens (including phenoxy) is 1. The SMILES string of the molecule is COc1cc(C(N)CC2CCCC2)ccc1C. The molecule has 0 bridgehead atoms. The van der Waals surface area contributed by atoms with E-state index in [0.717, 1.165) is 18.1 Å². The monoisotopic (exact) mass is 233 g/mol. The Morgan fingerprint density at radius 2 is 2.06 bits per heavy atom. The van der Waals surface area contributed by atoms with Gasteiger partial charge in [-0.1, -0.05) is 37.8 Å². The van der Waals surface area contributed by atoms with E-state index >= 15 is 0 Å². The van der Waals surface area contributed by atoms with Crippen LogP contribution in [0.5, 0.6) is 5.75 Å². The summed E-state index contributed by atoms with van der Waals surface area (Å²) in [5, 5.41) is 0. The Morgan fingerprint density at radius 3 is 2.71 bits per heavy atom. The fourth-order valence-electron chi connectivity index (χ4n) is 2.81. The lowest BCUT2D eigenvalue weighted by Gasteiger charge is -2.18. The van der Waals surface area contributed by atoms with E-state index in [2.05, 4.69) is 25.1 Å². The number of aryl methyl sites for hydroxylation is 1. The van der Waals surface area contributed by atoms with Gasteiger partial charge in [-0.3, -0.25) is 0 Å². The van der Waals surface area contributed by atoms with Gasteiger partial charge in [0.15, 0.2) is 0 Å². The van der Waals surface area contributed by atoms with E-state index in [-0.39, 0.29) is 6.04 Å². The van der Waals surface area contributed by atoms with Crippen molar-refractivity contribution in [1.82, 2.24) is 0 Å². The summed E-state index contributed by atoms with van der Waals surface area (Å²) in [6, 6.07) is 6.49. The van der Waals surface area contributed by atoms with E-state index in [1.165, 1.54) is 36.8 Å². The van der Waals surface area contributed by atoms with Gasteiger partial charge in [-0.25, -0.2) is 0 Å². The van der Waals surface area contributed by atoms with Crippen LogP contribution in [0.2, 0.25) is 0 Å². The summed E-state index contributed by atoms with van der Waals surface area (Å²) < 4.78 is 5.35. The first-order valence-electron chi connectivity index (χ1n) is 6.61. The molecule has 2 rings (SSSR count). The number of hydrogen-bond donors (Lipinski definition) is 1. The summed E-state index contributed by atoms with van der Waals surface area (Å²) >= 11 is 0. The molecule has 0 radical (unpaired) electrons. The number of nitrogens with two attached hydrogens (primary N) is 1. The molecule has 2 N–H and O–H groups in total. The molecule has 1 aromatic rings. The zero-order valence-electron chi connectivity index (χ0n) is 10.9. The van der Waals surface area contributed by atoms with Crippen LogP contribution in [-0.4, -0.2) is 7.11 Å². The highest BCUT2D eigenvalue weighted by Crippen LogP contribution is 2.33. The first kappa shape index (κ1) is 12.4. The van der Waals surface area contributed by atoms with Crippen LogP contribution in [0, 0.1) is 12.8 Å². The number of hydrogen-bond acceptors (Lipinski definition) is 2. The van der Waals surface area contributed by atoms with Crippen LogP contribution in [0.4, 0.5) is 0 Å². The van der Waals surface area contributed by atoms with E-state index < -0.39 is 0 Å². The largest absolute Gasteiger partial charge is 0.496 e. The Labute approximate surface area is 104 Å². The molecule has 0 heterocycles. The number of benzene rings is 1. The van der Waals surface area contributed by atoms with Crippen LogP contribution in [0.1, 0.15) is 49.3 Å². The predicted octanol–water partition coefficient (Wildman–Crippen LogP) is 3.58. The molecule has 2 nitrogen and oxygen atoms in total. The number of methoxy groups -OCH3 is 1. The second-order valence-electron chi connectivity index (χ2n) is 5.22. The standard InChI is InChI=1S/C15H23NO/c1-11-7-8-13(10-15(11)17-2)14(16)9-12-5-3-4-6-12/h7-8,10,12,14H,3-6,9,16H2,1-2H3. The average molecular weight is 233 g/mol. The molecule has 1 saturated carbocycles. The van der Waals surface area contributed by atoms with Crippen LogP contribution in [0.3, 0.4) is 0 Å². The topological polar surface area (TPSA) is 35.2 Å². The fraction of sp³-hybridized carbons (Fsp3) is 0.600. The molecule has 1 aromatic carbocycles. The maximum Gasteiger partial charge on any atom is 0.122 e. The van der Waals surface area contributed by atoms with Gasteiger partial charge in [-0.2, -0.15) is 0 Å². The lowest BCUT2D eigenvalue weighted by atomic mass is 9.93. The van der Waals surface area contributed by atoms with Crippen molar-refractivity contribution in [3.8, 4) is 5.75 Å². The first-order valence-corrected chi connectivity index (χ1v) is 6.61. The van der Waals surface area contributed by atoms with Crippen molar-refractivity contribution < 1.29 is 4.74 Å². The summed E-state index contributed by atoms with van der Waals surface area (Å²) in [6.07, 6.45) is 6.60. The average Bonchev–Trinajstić information content (AvgIpc) is 2.82. The van der Waals surface area contributed by atoms with E-state index in [4.69, 9.17) is 10.5 Å². The van der Waals surface area contributed by atoms with Crippen LogP contribution in [0.25, 0.3) is 0 Å². The van der Waals surface area contributed by atoms with E-state index in [9.17, 15) is 0 Å². The van der Waals surface area contributed by atoms with Crippen LogP contribution >= 0.6 is 0 Å². The Kier molecular flexibility index (Phi) is 4.06. The van der Waals surface area contributed by atoms with Gasteiger partial charge in [0.25, 0.3) is 0 Å². The van der Waals surface area contributed by atoms with Gasteiger partial charge in [0, 0.05) is 6.04 Å². The molecule has 1 unspecified atom stereocenters. The number of rotatable bonds is 4. The predicted molar refractivity (Wildman–Crippen MR) is 71.2 cm³/mol. The lowest BCUT2D eigenvalue weighted by Crippen LogP contribution is -2.14. The summed E-state index contributed by atoms with van der Waals surface area (Å²) in [4.78, 5) is 0. The van der Waals surface area contributed by atoms with E-state index in [0.29, 0.717) is 0 Å². The minimum absolute atomic E-state index is 0.160. The van der Waals surface area contributed by atoms with Crippen molar-refractivity contribution in [1.29, 1.82) is 0 Å². The molecule has 0 amide bonds. The molecule has 1 aliphatic carbocycles. The summed E-state index contributed by atoms with van der Waals surface area (Å²) in [5.41, 5.74) is 8.67. The van der Waals surface area contributed by atoms with Gasteiger partial charge < -0.3 is 10.5 Å². The van der Waals surface area contributed by atoms with Gasteiger partial charge in [-0.05, 0) is 36.5 Å². The van der Waals surface area contributed by atoms with Gasteiger partial charge in [0.05, 0.1) is 7.11 Å². The molecular weight excluding hydrogens is 210 g/mol. The zero-order valence-corrected chi connectivity index (χ0v) is 10.9. The molecule has 1 atom stereocenters. The zero-order chi connectivity index (χ0) is 12.3. The Hall–Kier alpha value is -1.02. The summed E-state index contributed by atoms with van der Waals surface area (Å²) in [5.74, 6) is 1.78. The summed E-state index contributed by atoms with van der Waals surface area (Å²) in [7, 11) is 1.72. The smallest absolute Gasteiger partial charge is 0.122 e. The maximum absolute atomic E-state index is 6.29. The molecular formula is C15H23NO. The van der Waals surface area contributed by atoms with Gasteiger partial charge >= 0.3 is 0 Å². The fourth-order valence-corrected chi connectivity index (χ4v) is 2.81. The van der Waals surface area contributed by atoms with E-state index in [1.54, 1.807) is 7.11 Å². The molecule has 1 fully saturated rings. The Morgan fingerprint density at radius 1 is 1.35 bits per heavy atom. The van der Waals surface area contributed by atoms with Crippen molar-refractivity contribution in [2.24, 2.45) is 11.7 Å². The van der Waals surface area contributed by atoms with Gasteiger partial charge in [0.1, 0.15) is 5.75 Å². The molecule has 0 aliphatic heterocycles. The molecule has 2 heteroatoms. The van der Waals surface area contributed by atoms with Crippen molar-refractivity contribution in [3.63, 3.8) is 0 Å². The van der Waals surface area contributed by atoms with Crippen molar-refractivity contribution in [3.05, 3.63) is 29.3 Å². The van der Waals surface area contributed by atoms with Gasteiger partial charge in [0.2, 0.25) is 0 Å². The third-order valence-corrected chi connectivity index (χ3v) is 3.92. The minimum atomic E-state index is 0.160. The van der Waals surface area contributed by atoms with E-state index in [1.807, 2.05) is 0 Å². The normalized spacial score (nSPS) is 18.3. The molecule has 0 spiro atoms. The summed E-state index contributed by atoms with van der Waals surface area (Å²) in [6.45, 7) is 2.06. The molecule has 94 valence electrons. The van der Waals surface area contributed by atoms with Crippen molar-refractivity contribution in [2.45, 2.75) is 45.1 Å². The van der Waals surface area contributed by atoms with Crippen molar-refractivity contribution >= 4 is 0 Å². The lowest BCUT2D eigenvalue weighted by molar-refractivity contribution is 0.408. The van der Waals surface area contributed by atoms with Crippen LogP contribution < -0.4 is 10.5 Å². The van der Waals surface area contributed by atoms with Crippen molar-refractivity contribution in [2.75, 3.05) is 7.11 Å². The molecule has 0 saturated heterocycles.